The smallest absolute Gasteiger partial charge is 0.358 e. The number of carbonyl (C=O) groups is 1. The molecule has 1 aromatic heterocycles. The quantitative estimate of drug-likeness (QED) is 0.146. The lowest BCUT2D eigenvalue weighted by Gasteiger charge is -2.44. The zero-order chi connectivity index (χ0) is 31.3. The van der Waals surface area contributed by atoms with E-state index in [0.717, 1.165) is 16.5 Å². The minimum absolute atomic E-state index is 0.115. The molecule has 5 rings (SSSR count). The van der Waals surface area contributed by atoms with E-state index in [1.54, 1.807) is 11.6 Å². The van der Waals surface area contributed by atoms with Crippen molar-refractivity contribution in [3.05, 3.63) is 101 Å². The molecule has 9 heteroatoms. The van der Waals surface area contributed by atoms with E-state index < -0.39 is 14.3 Å². The van der Waals surface area contributed by atoms with Gasteiger partial charge in [0.1, 0.15) is 17.3 Å². The second-order valence-electron chi connectivity index (χ2n) is 12.0. The minimum atomic E-state index is -2.70. The summed E-state index contributed by atoms with van der Waals surface area (Å²) in [5.41, 5.74) is 1.59. The highest BCUT2D eigenvalue weighted by atomic mass is 79.9. The van der Waals surface area contributed by atoms with E-state index in [9.17, 15) is 10.1 Å². The van der Waals surface area contributed by atoms with Gasteiger partial charge >= 0.3 is 5.97 Å². The maximum absolute atomic E-state index is 13.1. The van der Waals surface area contributed by atoms with Gasteiger partial charge in [0.2, 0.25) is 0 Å². The first kappa shape index (κ1) is 31.9. The first-order valence-corrected chi connectivity index (χ1v) is 17.7. The molecule has 1 aliphatic heterocycles. The molecule has 0 N–H and O–H groups in total. The molecule has 1 fully saturated rings. The maximum atomic E-state index is 13.1. The van der Waals surface area contributed by atoms with Crippen LogP contribution < -0.4 is 10.4 Å². The monoisotopic (exact) mass is 671 g/mol. The van der Waals surface area contributed by atoms with Gasteiger partial charge in [-0.05, 0) is 47.3 Å². The molecule has 3 aromatic carbocycles. The van der Waals surface area contributed by atoms with Crippen molar-refractivity contribution in [1.29, 1.82) is 5.26 Å². The van der Waals surface area contributed by atoms with Gasteiger partial charge < -0.3 is 13.9 Å². The number of ether oxygens (including phenoxy) is 2. The van der Waals surface area contributed by atoms with Gasteiger partial charge in [-0.1, -0.05) is 109 Å². The summed E-state index contributed by atoms with van der Waals surface area (Å²) in [5, 5.41) is 17.3. The molecule has 2 unspecified atom stereocenters. The predicted molar refractivity (Wildman–Crippen MR) is 178 cm³/mol. The van der Waals surface area contributed by atoms with Crippen LogP contribution in [0.3, 0.4) is 0 Å². The van der Waals surface area contributed by atoms with Crippen LogP contribution in [0, 0.1) is 11.3 Å². The van der Waals surface area contributed by atoms with Crippen molar-refractivity contribution < 1.29 is 18.7 Å². The number of esters is 1. The summed E-state index contributed by atoms with van der Waals surface area (Å²) in [6.07, 6.45) is 1.32. The molecule has 0 amide bonds. The van der Waals surface area contributed by atoms with Gasteiger partial charge in [0, 0.05) is 10.0 Å². The average molecular weight is 673 g/mol. The molecule has 0 spiro atoms. The lowest BCUT2D eigenvalue weighted by Crippen LogP contribution is -2.67. The van der Waals surface area contributed by atoms with E-state index in [-0.39, 0.29) is 35.0 Å². The van der Waals surface area contributed by atoms with Gasteiger partial charge in [0.15, 0.2) is 5.69 Å². The largest absolute Gasteiger partial charge is 0.461 e. The summed E-state index contributed by atoms with van der Waals surface area (Å²) in [5.74, 6) is -0.558. The Balaban J connectivity index is 1.40. The van der Waals surface area contributed by atoms with Gasteiger partial charge in [-0.3, -0.25) is 4.68 Å². The lowest BCUT2D eigenvalue weighted by molar-refractivity contribution is -0.0383. The Labute approximate surface area is 269 Å². The third kappa shape index (κ3) is 6.31. The van der Waals surface area contributed by atoms with E-state index in [1.807, 2.05) is 36.4 Å². The highest BCUT2D eigenvalue weighted by Crippen LogP contribution is 2.38. The SMILES string of the molecule is CCOC(=O)c1c(C#N)c(-c2ccc(Br)cc2)nn1C1CCC(CO[Si](c2ccccc2)(c2ccccc2)C(C)(C)C)OC1. The van der Waals surface area contributed by atoms with Crippen LogP contribution in [0.1, 0.15) is 62.6 Å². The van der Waals surface area contributed by atoms with Crippen molar-refractivity contribution in [3.8, 4) is 17.3 Å². The third-order valence-electron chi connectivity index (χ3n) is 8.20. The second-order valence-corrected chi connectivity index (χ2v) is 17.2. The third-order valence-corrected chi connectivity index (χ3v) is 13.7. The first-order chi connectivity index (χ1) is 21.2. The Bertz CT molecular complexity index is 1560. The van der Waals surface area contributed by atoms with E-state index >= 15 is 0 Å². The summed E-state index contributed by atoms with van der Waals surface area (Å²) in [4.78, 5) is 13.1. The minimum Gasteiger partial charge on any atom is -0.461 e. The predicted octanol–water partition coefficient (Wildman–Crippen LogP) is 6.66. The van der Waals surface area contributed by atoms with Gasteiger partial charge in [0.25, 0.3) is 8.32 Å². The molecule has 1 aliphatic rings. The molecule has 4 aromatic rings. The fraction of sp³-hybridized carbons (Fsp3) is 0.343. The van der Waals surface area contributed by atoms with Crippen LogP contribution in [0.2, 0.25) is 5.04 Å². The van der Waals surface area contributed by atoms with Crippen molar-refractivity contribution in [1.82, 2.24) is 9.78 Å². The molecule has 2 heterocycles. The molecule has 0 saturated carbocycles. The molecule has 7 nitrogen and oxygen atoms in total. The average Bonchev–Trinajstić information content (AvgIpc) is 3.42. The van der Waals surface area contributed by atoms with Crippen LogP contribution in [-0.2, 0) is 13.9 Å². The zero-order valence-corrected chi connectivity index (χ0v) is 28.2. The number of nitrogens with zero attached hydrogens (tertiary/aromatic N) is 3. The molecule has 1 saturated heterocycles. The fourth-order valence-corrected chi connectivity index (χ4v) is 11.0. The molecule has 0 aliphatic carbocycles. The number of benzene rings is 3. The number of hydrogen-bond acceptors (Lipinski definition) is 6. The van der Waals surface area contributed by atoms with Crippen molar-refractivity contribution in [3.63, 3.8) is 0 Å². The Kier molecular flexibility index (Phi) is 9.86. The number of halogens is 1. The van der Waals surface area contributed by atoms with Crippen LogP contribution in [0.4, 0.5) is 0 Å². The van der Waals surface area contributed by atoms with E-state index in [1.165, 1.54) is 10.4 Å². The summed E-state index contributed by atoms with van der Waals surface area (Å²) in [6, 6.07) is 30.7. The van der Waals surface area contributed by atoms with Crippen LogP contribution >= 0.6 is 15.9 Å². The summed E-state index contributed by atoms with van der Waals surface area (Å²) < 4.78 is 21.5. The molecule has 228 valence electrons. The molecule has 0 radical (unpaired) electrons. The molecule has 2 atom stereocenters. The topological polar surface area (TPSA) is 86.4 Å². The first-order valence-electron chi connectivity index (χ1n) is 15.0. The van der Waals surface area contributed by atoms with Crippen LogP contribution in [0.25, 0.3) is 11.3 Å². The molecule has 0 bridgehead atoms. The van der Waals surface area contributed by atoms with Crippen molar-refractivity contribution in [2.24, 2.45) is 0 Å². The van der Waals surface area contributed by atoms with Crippen molar-refractivity contribution >= 4 is 40.6 Å². The molecule has 44 heavy (non-hydrogen) atoms. The van der Waals surface area contributed by atoms with Gasteiger partial charge in [0.05, 0.1) is 32.0 Å². The highest BCUT2D eigenvalue weighted by molar-refractivity contribution is 9.10. The van der Waals surface area contributed by atoms with Crippen molar-refractivity contribution in [2.75, 3.05) is 19.8 Å². The van der Waals surface area contributed by atoms with E-state index in [4.69, 9.17) is 19.0 Å². The number of aromatic nitrogens is 2. The Morgan fingerprint density at radius 3 is 2.14 bits per heavy atom. The van der Waals surface area contributed by atoms with Crippen LogP contribution in [-0.4, -0.2) is 50.0 Å². The second kappa shape index (κ2) is 13.6. The lowest BCUT2D eigenvalue weighted by atomic mass is 10.0. The van der Waals surface area contributed by atoms with Crippen LogP contribution in [0.15, 0.2) is 89.4 Å². The van der Waals surface area contributed by atoms with Crippen LogP contribution in [0.5, 0.6) is 0 Å². The number of nitriles is 1. The van der Waals surface area contributed by atoms with Crippen molar-refractivity contribution in [2.45, 2.75) is 57.7 Å². The maximum Gasteiger partial charge on any atom is 0.358 e. The summed E-state index contributed by atoms with van der Waals surface area (Å²) >= 11 is 3.46. The van der Waals surface area contributed by atoms with Gasteiger partial charge in [-0.15, -0.1) is 0 Å². The normalized spacial score (nSPS) is 17.2. The fourth-order valence-electron chi connectivity index (χ4n) is 6.11. The van der Waals surface area contributed by atoms with Gasteiger partial charge in [-0.25, -0.2) is 4.79 Å². The van der Waals surface area contributed by atoms with Gasteiger partial charge in [-0.2, -0.15) is 10.4 Å². The number of carbonyl (C=O) groups excluding carboxylic acids is 1. The Hall–Kier alpha value is -3.55. The molecular weight excluding hydrogens is 634 g/mol. The van der Waals surface area contributed by atoms with E-state index in [0.29, 0.717) is 25.3 Å². The molecular formula is C35H38BrN3O4Si. The summed E-state index contributed by atoms with van der Waals surface area (Å²) in [7, 11) is -2.70. The Morgan fingerprint density at radius 2 is 1.64 bits per heavy atom. The summed E-state index contributed by atoms with van der Waals surface area (Å²) in [6.45, 7) is 9.54. The van der Waals surface area contributed by atoms with E-state index in [2.05, 4.69) is 91.3 Å². The number of hydrogen-bond donors (Lipinski definition) is 0. The Morgan fingerprint density at radius 1 is 1.02 bits per heavy atom. The zero-order valence-electron chi connectivity index (χ0n) is 25.6. The highest BCUT2D eigenvalue weighted by Gasteiger charge is 2.50. The number of rotatable bonds is 9. The standard InChI is InChI=1S/C35H38BrN3O4Si/c1-5-41-34(40)33-31(22-37)32(25-16-18-26(36)19-17-25)38-39(33)27-20-21-28(42-23-27)24-43-44(35(2,3)4,29-12-8-6-9-13-29)30-14-10-7-11-15-30/h6-19,27-28H,5,20-21,23-24H2,1-4H3.